The molecule has 34 heavy (non-hydrogen) atoms. The summed E-state index contributed by atoms with van der Waals surface area (Å²) in [7, 11) is 7.56. The summed E-state index contributed by atoms with van der Waals surface area (Å²) in [5, 5.41) is 12.1. The Morgan fingerprint density at radius 1 is 0.882 bits per heavy atom. The van der Waals surface area contributed by atoms with E-state index in [0.29, 0.717) is 29.9 Å². The molecule has 1 amide bonds. The fraction of sp³-hybridized carbons (Fsp3) is 0.308. The van der Waals surface area contributed by atoms with E-state index in [9.17, 15) is 9.59 Å². The maximum absolute atomic E-state index is 12.5. The Labute approximate surface area is 200 Å². The van der Waals surface area contributed by atoms with Crippen molar-refractivity contribution in [3.63, 3.8) is 0 Å². The van der Waals surface area contributed by atoms with E-state index < -0.39 is 5.97 Å². The second-order valence-corrected chi connectivity index (χ2v) is 8.64. The average molecular weight is 462 g/mol. The van der Waals surface area contributed by atoms with Crippen LogP contribution in [-0.2, 0) is 17.6 Å². The molecular formula is C26H31N5O3. The van der Waals surface area contributed by atoms with E-state index in [-0.39, 0.29) is 12.3 Å². The lowest BCUT2D eigenvalue weighted by Gasteiger charge is -2.23. The first kappa shape index (κ1) is 24.7. The third kappa shape index (κ3) is 6.31. The maximum Gasteiger partial charge on any atom is 0.303 e. The van der Waals surface area contributed by atoms with Crippen LogP contribution in [0.1, 0.15) is 39.3 Å². The number of carboxylic acid groups (broad SMARTS) is 1. The van der Waals surface area contributed by atoms with Gasteiger partial charge in [0.2, 0.25) is 0 Å². The van der Waals surface area contributed by atoms with E-state index in [0.717, 1.165) is 28.3 Å². The number of carboxylic acids is 1. The van der Waals surface area contributed by atoms with Crippen LogP contribution < -0.4 is 15.1 Å². The van der Waals surface area contributed by atoms with Gasteiger partial charge in [-0.3, -0.25) is 9.59 Å². The number of aliphatic carboxylic acids is 1. The number of amides is 1. The lowest BCUT2D eigenvalue weighted by molar-refractivity contribution is -0.136. The van der Waals surface area contributed by atoms with Crippen LogP contribution in [0.25, 0.3) is 0 Å². The molecule has 178 valence electrons. The molecule has 1 aromatic heterocycles. The highest BCUT2D eigenvalue weighted by atomic mass is 16.4. The Hall–Kier alpha value is -3.94. The van der Waals surface area contributed by atoms with Crippen molar-refractivity contribution >= 4 is 29.2 Å². The molecule has 0 radical (unpaired) electrons. The number of carbonyl (C=O) groups is 2. The van der Waals surface area contributed by atoms with Crippen molar-refractivity contribution in [1.29, 1.82) is 0 Å². The molecule has 0 spiro atoms. The fourth-order valence-corrected chi connectivity index (χ4v) is 3.58. The van der Waals surface area contributed by atoms with Gasteiger partial charge in [-0.05, 0) is 43.2 Å². The summed E-state index contributed by atoms with van der Waals surface area (Å²) in [6.07, 6.45) is 0.874. The largest absolute Gasteiger partial charge is 0.481 e. The topological polar surface area (TPSA) is 98.7 Å². The van der Waals surface area contributed by atoms with Crippen LogP contribution in [0.5, 0.6) is 0 Å². The SMILES string of the molecule is Cc1ccc(C(=O)Nc2ccc(Cc3nc(N(C)C)c(CCC(=O)O)c(N(C)C)n3)cc2)cc1. The number of nitrogens with one attached hydrogen (secondary N) is 1. The highest BCUT2D eigenvalue weighted by Crippen LogP contribution is 2.27. The summed E-state index contributed by atoms with van der Waals surface area (Å²) >= 11 is 0. The summed E-state index contributed by atoms with van der Waals surface area (Å²) in [5.41, 5.74) is 4.24. The number of aryl methyl sites for hydroxylation is 1. The van der Waals surface area contributed by atoms with Gasteiger partial charge in [0.1, 0.15) is 17.5 Å². The monoisotopic (exact) mass is 461 g/mol. The lowest BCUT2D eigenvalue weighted by Crippen LogP contribution is -2.21. The smallest absolute Gasteiger partial charge is 0.303 e. The fourth-order valence-electron chi connectivity index (χ4n) is 3.58. The van der Waals surface area contributed by atoms with Crippen molar-refractivity contribution in [2.75, 3.05) is 43.3 Å². The minimum absolute atomic E-state index is 0.0140. The van der Waals surface area contributed by atoms with Gasteiger partial charge in [-0.1, -0.05) is 29.8 Å². The van der Waals surface area contributed by atoms with Gasteiger partial charge in [0.05, 0.1) is 0 Å². The van der Waals surface area contributed by atoms with Crippen LogP contribution in [0.15, 0.2) is 48.5 Å². The van der Waals surface area contributed by atoms with Crippen molar-refractivity contribution in [3.8, 4) is 0 Å². The van der Waals surface area contributed by atoms with Gasteiger partial charge in [0.15, 0.2) is 0 Å². The minimum Gasteiger partial charge on any atom is -0.481 e. The van der Waals surface area contributed by atoms with Crippen molar-refractivity contribution in [2.45, 2.75) is 26.2 Å². The highest BCUT2D eigenvalue weighted by molar-refractivity contribution is 6.04. The summed E-state index contributed by atoms with van der Waals surface area (Å²) in [5.74, 6) is 1.07. The molecule has 0 saturated heterocycles. The molecule has 3 aromatic rings. The molecular weight excluding hydrogens is 430 g/mol. The van der Waals surface area contributed by atoms with E-state index in [1.54, 1.807) is 12.1 Å². The molecule has 0 aliphatic heterocycles. The Morgan fingerprint density at radius 2 is 1.44 bits per heavy atom. The molecule has 0 atom stereocenters. The Morgan fingerprint density at radius 3 is 1.94 bits per heavy atom. The molecule has 2 N–H and O–H groups in total. The number of hydrogen-bond acceptors (Lipinski definition) is 6. The van der Waals surface area contributed by atoms with Crippen molar-refractivity contribution in [3.05, 3.63) is 76.6 Å². The third-order valence-electron chi connectivity index (χ3n) is 5.33. The van der Waals surface area contributed by atoms with E-state index in [1.807, 2.05) is 81.3 Å². The summed E-state index contributed by atoms with van der Waals surface area (Å²) in [4.78, 5) is 36.8. The van der Waals surface area contributed by atoms with Crippen LogP contribution in [0.3, 0.4) is 0 Å². The number of carbonyl (C=O) groups excluding carboxylic acids is 1. The molecule has 2 aromatic carbocycles. The standard InChI is InChI=1S/C26H31N5O3/c1-17-6-10-19(11-7-17)26(34)27-20-12-8-18(9-13-20)16-22-28-24(30(2)3)21(14-15-23(32)33)25(29-22)31(4)5/h6-13H,14-16H2,1-5H3,(H,27,34)(H,32,33). The quantitative estimate of drug-likeness (QED) is 0.500. The summed E-state index contributed by atoms with van der Waals surface area (Å²) in [6.45, 7) is 1.98. The zero-order valence-electron chi connectivity index (χ0n) is 20.3. The number of benzene rings is 2. The first-order chi connectivity index (χ1) is 16.1. The van der Waals surface area contributed by atoms with Crippen LogP contribution in [0.2, 0.25) is 0 Å². The van der Waals surface area contributed by atoms with E-state index in [1.165, 1.54) is 0 Å². The molecule has 1 heterocycles. The molecule has 3 rings (SSSR count). The second kappa shape index (κ2) is 10.8. The van der Waals surface area contributed by atoms with Gasteiger partial charge in [-0.2, -0.15) is 0 Å². The first-order valence-electron chi connectivity index (χ1n) is 11.1. The second-order valence-electron chi connectivity index (χ2n) is 8.64. The molecule has 0 saturated carbocycles. The molecule has 8 heteroatoms. The van der Waals surface area contributed by atoms with Crippen molar-refractivity contribution in [2.24, 2.45) is 0 Å². The molecule has 0 aliphatic rings. The van der Waals surface area contributed by atoms with Gasteiger partial charge in [-0.15, -0.1) is 0 Å². The molecule has 0 fully saturated rings. The van der Waals surface area contributed by atoms with Gasteiger partial charge in [0, 0.05) is 57.8 Å². The zero-order chi connectivity index (χ0) is 24.8. The van der Waals surface area contributed by atoms with Crippen molar-refractivity contribution in [1.82, 2.24) is 9.97 Å². The van der Waals surface area contributed by atoms with Crippen LogP contribution in [-0.4, -0.2) is 55.1 Å². The predicted octanol–water partition coefficient (Wildman–Crippen LogP) is 3.78. The molecule has 0 bridgehead atoms. The van der Waals surface area contributed by atoms with Crippen molar-refractivity contribution < 1.29 is 14.7 Å². The Kier molecular flexibility index (Phi) is 7.83. The number of rotatable bonds is 9. The van der Waals surface area contributed by atoms with Gasteiger partial charge in [-0.25, -0.2) is 9.97 Å². The predicted molar refractivity (Wildman–Crippen MR) is 135 cm³/mol. The summed E-state index contributed by atoms with van der Waals surface area (Å²) < 4.78 is 0. The van der Waals surface area contributed by atoms with Crippen LogP contribution in [0, 0.1) is 6.92 Å². The molecule has 0 unspecified atom stereocenters. The summed E-state index contributed by atoms with van der Waals surface area (Å²) in [6, 6.07) is 15.0. The van der Waals surface area contributed by atoms with Crippen LogP contribution in [0.4, 0.5) is 17.3 Å². The van der Waals surface area contributed by atoms with Gasteiger partial charge >= 0.3 is 5.97 Å². The lowest BCUT2D eigenvalue weighted by atomic mass is 10.1. The Balaban J connectivity index is 1.79. The average Bonchev–Trinajstić information content (AvgIpc) is 2.79. The third-order valence-corrected chi connectivity index (χ3v) is 5.33. The molecule has 8 nitrogen and oxygen atoms in total. The van der Waals surface area contributed by atoms with Gasteiger partial charge in [0.25, 0.3) is 5.91 Å². The number of aromatic nitrogens is 2. The highest BCUT2D eigenvalue weighted by Gasteiger charge is 2.19. The number of nitrogens with zero attached hydrogens (tertiary/aromatic N) is 4. The number of anilines is 3. The van der Waals surface area contributed by atoms with Gasteiger partial charge < -0.3 is 20.2 Å². The van der Waals surface area contributed by atoms with E-state index >= 15 is 0 Å². The maximum atomic E-state index is 12.5. The molecule has 0 aliphatic carbocycles. The normalized spacial score (nSPS) is 10.6. The zero-order valence-corrected chi connectivity index (χ0v) is 20.3. The number of hydrogen-bond donors (Lipinski definition) is 2. The first-order valence-corrected chi connectivity index (χ1v) is 11.1. The van der Waals surface area contributed by atoms with Crippen LogP contribution >= 0.6 is 0 Å². The Bertz CT molecular complexity index is 1130. The van der Waals surface area contributed by atoms with E-state index in [2.05, 4.69) is 5.32 Å². The van der Waals surface area contributed by atoms with E-state index in [4.69, 9.17) is 15.1 Å². The minimum atomic E-state index is -0.854.